The summed E-state index contributed by atoms with van der Waals surface area (Å²) in [5.41, 5.74) is 3.89. The highest BCUT2D eigenvalue weighted by Gasteiger charge is 2.13. The predicted octanol–water partition coefficient (Wildman–Crippen LogP) is 2.20. The minimum Gasteiger partial charge on any atom is -0.358 e. The summed E-state index contributed by atoms with van der Waals surface area (Å²) in [5, 5.41) is 8.10. The SMILES string of the molecule is Cc1[nH]c2c(C(=O)NCCCn3cncn3)cccc2c1C. The van der Waals surface area contributed by atoms with E-state index in [-0.39, 0.29) is 5.91 Å². The highest BCUT2D eigenvalue weighted by molar-refractivity contribution is 6.06. The Hall–Kier alpha value is -2.63. The molecule has 0 aliphatic carbocycles. The van der Waals surface area contributed by atoms with Crippen LogP contribution in [0.2, 0.25) is 0 Å². The van der Waals surface area contributed by atoms with E-state index in [1.807, 2.05) is 25.1 Å². The maximum atomic E-state index is 12.4. The fourth-order valence-corrected chi connectivity index (χ4v) is 2.56. The van der Waals surface area contributed by atoms with Crippen LogP contribution < -0.4 is 5.32 Å². The lowest BCUT2D eigenvalue weighted by atomic mass is 10.1. The largest absolute Gasteiger partial charge is 0.358 e. The van der Waals surface area contributed by atoms with E-state index in [0.717, 1.165) is 29.6 Å². The van der Waals surface area contributed by atoms with Crippen molar-refractivity contribution in [2.24, 2.45) is 0 Å². The van der Waals surface area contributed by atoms with Crippen LogP contribution in [0.5, 0.6) is 0 Å². The zero-order chi connectivity index (χ0) is 15.5. The van der Waals surface area contributed by atoms with Crippen molar-refractivity contribution in [1.29, 1.82) is 0 Å². The van der Waals surface area contributed by atoms with Gasteiger partial charge in [-0.25, -0.2) is 4.98 Å². The first-order valence-electron chi connectivity index (χ1n) is 7.35. The van der Waals surface area contributed by atoms with E-state index < -0.39 is 0 Å². The lowest BCUT2D eigenvalue weighted by molar-refractivity contribution is 0.0954. The van der Waals surface area contributed by atoms with Gasteiger partial charge in [0, 0.05) is 24.2 Å². The van der Waals surface area contributed by atoms with Crippen LogP contribution in [0, 0.1) is 13.8 Å². The number of H-pyrrole nitrogens is 1. The minimum absolute atomic E-state index is 0.0505. The molecule has 3 rings (SSSR count). The number of fused-ring (bicyclic) bond motifs is 1. The van der Waals surface area contributed by atoms with Gasteiger partial charge in [-0.15, -0.1) is 0 Å². The van der Waals surface area contributed by atoms with Gasteiger partial charge in [-0.3, -0.25) is 9.48 Å². The Labute approximate surface area is 128 Å². The van der Waals surface area contributed by atoms with Crippen molar-refractivity contribution in [3.05, 3.63) is 47.7 Å². The summed E-state index contributed by atoms with van der Waals surface area (Å²) < 4.78 is 1.75. The molecule has 0 aliphatic heterocycles. The molecule has 2 aromatic heterocycles. The summed E-state index contributed by atoms with van der Waals surface area (Å²) in [5.74, 6) is -0.0505. The first kappa shape index (κ1) is 14.3. The fraction of sp³-hybridized carbons (Fsp3) is 0.312. The molecule has 6 nitrogen and oxygen atoms in total. The van der Waals surface area contributed by atoms with Gasteiger partial charge in [-0.2, -0.15) is 5.10 Å². The molecule has 0 fully saturated rings. The van der Waals surface area contributed by atoms with Gasteiger partial charge in [0.2, 0.25) is 0 Å². The van der Waals surface area contributed by atoms with E-state index in [1.165, 1.54) is 11.9 Å². The normalized spacial score (nSPS) is 11.0. The second-order valence-corrected chi connectivity index (χ2v) is 5.37. The van der Waals surface area contributed by atoms with Crippen LogP contribution in [0.25, 0.3) is 10.9 Å². The summed E-state index contributed by atoms with van der Waals surface area (Å²) in [7, 11) is 0. The number of nitrogens with zero attached hydrogens (tertiary/aromatic N) is 3. The van der Waals surface area contributed by atoms with Gasteiger partial charge < -0.3 is 10.3 Å². The van der Waals surface area contributed by atoms with Crippen molar-refractivity contribution in [1.82, 2.24) is 25.1 Å². The van der Waals surface area contributed by atoms with Gasteiger partial charge in [-0.1, -0.05) is 12.1 Å². The molecule has 114 valence electrons. The number of hydrogen-bond donors (Lipinski definition) is 2. The van der Waals surface area contributed by atoms with Crippen molar-refractivity contribution in [2.75, 3.05) is 6.54 Å². The van der Waals surface area contributed by atoms with Gasteiger partial charge >= 0.3 is 0 Å². The molecule has 1 amide bonds. The molecule has 0 saturated carbocycles. The van der Waals surface area contributed by atoms with E-state index in [1.54, 1.807) is 11.0 Å². The average molecular weight is 297 g/mol. The predicted molar refractivity (Wildman–Crippen MR) is 84.7 cm³/mol. The number of aromatic nitrogens is 4. The van der Waals surface area contributed by atoms with Gasteiger partial charge in [0.1, 0.15) is 12.7 Å². The van der Waals surface area contributed by atoms with Crippen molar-refractivity contribution in [3.8, 4) is 0 Å². The summed E-state index contributed by atoms with van der Waals surface area (Å²) in [4.78, 5) is 19.6. The number of para-hydroxylation sites is 1. The second kappa shape index (κ2) is 6.01. The molecule has 0 saturated heterocycles. The van der Waals surface area contributed by atoms with E-state index in [4.69, 9.17) is 0 Å². The van der Waals surface area contributed by atoms with Gasteiger partial charge in [0.15, 0.2) is 0 Å². The number of carbonyl (C=O) groups is 1. The molecule has 22 heavy (non-hydrogen) atoms. The van der Waals surface area contributed by atoms with Gasteiger partial charge in [0.05, 0.1) is 11.1 Å². The Morgan fingerprint density at radius 2 is 2.23 bits per heavy atom. The number of carbonyl (C=O) groups excluding carboxylic acids is 1. The molecule has 2 heterocycles. The number of aromatic amines is 1. The zero-order valence-corrected chi connectivity index (χ0v) is 12.8. The minimum atomic E-state index is -0.0505. The van der Waals surface area contributed by atoms with Crippen LogP contribution in [0.4, 0.5) is 0 Å². The molecule has 0 atom stereocenters. The fourth-order valence-electron chi connectivity index (χ4n) is 2.56. The zero-order valence-electron chi connectivity index (χ0n) is 12.8. The lowest BCUT2D eigenvalue weighted by Crippen LogP contribution is -2.25. The number of nitrogens with one attached hydrogen (secondary N) is 2. The third-order valence-electron chi connectivity index (χ3n) is 3.90. The molecular weight excluding hydrogens is 278 g/mol. The van der Waals surface area contributed by atoms with Crippen LogP contribution in [-0.2, 0) is 6.54 Å². The summed E-state index contributed by atoms with van der Waals surface area (Å²) in [6.07, 6.45) is 4.00. The van der Waals surface area contributed by atoms with E-state index in [9.17, 15) is 4.79 Å². The highest BCUT2D eigenvalue weighted by atomic mass is 16.1. The Kier molecular flexibility index (Phi) is 3.91. The van der Waals surface area contributed by atoms with Crippen LogP contribution in [0.1, 0.15) is 28.0 Å². The summed E-state index contributed by atoms with van der Waals surface area (Å²) >= 11 is 0. The molecule has 0 bridgehead atoms. The molecule has 0 radical (unpaired) electrons. The van der Waals surface area contributed by atoms with E-state index in [2.05, 4.69) is 27.3 Å². The molecule has 6 heteroatoms. The van der Waals surface area contributed by atoms with Gasteiger partial charge in [-0.05, 0) is 31.9 Å². The average Bonchev–Trinajstić information content (AvgIpc) is 3.13. The summed E-state index contributed by atoms with van der Waals surface area (Å²) in [6.45, 7) is 5.43. The quantitative estimate of drug-likeness (QED) is 0.709. The standard InChI is InChI=1S/C16H19N5O/c1-11-12(2)20-15-13(11)5-3-6-14(15)16(22)18-7-4-8-21-10-17-9-19-21/h3,5-6,9-10,20H,4,7-8H2,1-2H3,(H,18,22). The molecule has 0 aliphatic rings. The Morgan fingerprint density at radius 3 is 3.00 bits per heavy atom. The number of benzene rings is 1. The second-order valence-electron chi connectivity index (χ2n) is 5.37. The first-order valence-corrected chi connectivity index (χ1v) is 7.35. The maximum Gasteiger partial charge on any atom is 0.253 e. The topological polar surface area (TPSA) is 75.6 Å². The lowest BCUT2D eigenvalue weighted by Gasteiger charge is -2.06. The van der Waals surface area contributed by atoms with E-state index in [0.29, 0.717) is 12.1 Å². The number of hydrogen-bond acceptors (Lipinski definition) is 3. The molecule has 1 aromatic carbocycles. The summed E-state index contributed by atoms with van der Waals surface area (Å²) in [6, 6.07) is 5.81. The third-order valence-corrected chi connectivity index (χ3v) is 3.90. The number of rotatable bonds is 5. The van der Waals surface area contributed by atoms with Crippen molar-refractivity contribution >= 4 is 16.8 Å². The van der Waals surface area contributed by atoms with Crippen molar-refractivity contribution in [2.45, 2.75) is 26.8 Å². The highest BCUT2D eigenvalue weighted by Crippen LogP contribution is 2.24. The smallest absolute Gasteiger partial charge is 0.253 e. The molecule has 3 aromatic rings. The van der Waals surface area contributed by atoms with Crippen LogP contribution >= 0.6 is 0 Å². The van der Waals surface area contributed by atoms with Crippen LogP contribution in [0.15, 0.2) is 30.9 Å². The Morgan fingerprint density at radius 1 is 1.36 bits per heavy atom. The monoisotopic (exact) mass is 297 g/mol. The third kappa shape index (κ3) is 2.72. The number of aryl methyl sites for hydroxylation is 3. The van der Waals surface area contributed by atoms with E-state index >= 15 is 0 Å². The Bertz CT molecular complexity index is 788. The Balaban J connectivity index is 1.66. The maximum absolute atomic E-state index is 12.4. The molecule has 2 N–H and O–H groups in total. The van der Waals surface area contributed by atoms with Gasteiger partial charge in [0.25, 0.3) is 5.91 Å². The molecule has 0 unspecified atom stereocenters. The molecular formula is C16H19N5O. The van der Waals surface area contributed by atoms with Crippen LogP contribution in [-0.4, -0.2) is 32.2 Å². The first-order chi connectivity index (χ1) is 10.7. The van der Waals surface area contributed by atoms with Crippen LogP contribution in [0.3, 0.4) is 0 Å². The number of amides is 1. The van der Waals surface area contributed by atoms with Crippen molar-refractivity contribution < 1.29 is 4.79 Å². The van der Waals surface area contributed by atoms with Crippen molar-refractivity contribution in [3.63, 3.8) is 0 Å². The molecule has 0 spiro atoms.